The predicted octanol–water partition coefficient (Wildman–Crippen LogP) is 7.63. The maximum Gasteiger partial charge on any atom is 0.127 e. The molecular formula is C33H36BrO2P. The average molecular weight is 576 g/mol. The minimum absolute atomic E-state index is 0.0862. The number of alkyl halides is 1. The van der Waals surface area contributed by atoms with Gasteiger partial charge < -0.3 is 9.84 Å². The summed E-state index contributed by atoms with van der Waals surface area (Å²) in [5.74, 6) is 1.43. The number of rotatable bonds is 5. The summed E-state index contributed by atoms with van der Waals surface area (Å²) >= 11 is 3.50. The Bertz CT molecular complexity index is 1220. The molecule has 1 unspecified atom stereocenters. The summed E-state index contributed by atoms with van der Waals surface area (Å²) < 4.78 is 6.27. The van der Waals surface area contributed by atoms with Crippen LogP contribution in [-0.2, 0) is 6.42 Å². The van der Waals surface area contributed by atoms with E-state index in [0.717, 1.165) is 47.0 Å². The Labute approximate surface area is 231 Å². The summed E-state index contributed by atoms with van der Waals surface area (Å²) in [6.45, 7) is 8.15. The molecule has 1 heterocycles. The molecule has 4 aromatic rings. The lowest BCUT2D eigenvalue weighted by Gasteiger charge is -2.37. The number of ether oxygens (including phenoxy) is 1. The first-order chi connectivity index (χ1) is 17.8. The van der Waals surface area contributed by atoms with Gasteiger partial charge >= 0.3 is 0 Å². The van der Waals surface area contributed by atoms with Gasteiger partial charge in [0, 0.05) is 10.9 Å². The fourth-order valence-electron chi connectivity index (χ4n) is 4.85. The summed E-state index contributed by atoms with van der Waals surface area (Å²) in [6.07, 6.45) is 3.00. The van der Waals surface area contributed by atoms with Gasteiger partial charge in [-0.1, -0.05) is 107 Å². The Morgan fingerprint density at radius 3 is 1.65 bits per heavy atom. The number of halogens is 1. The van der Waals surface area contributed by atoms with Crippen molar-refractivity contribution in [3.63, 3.8) is 0 Å². The number of aromatic hydroxyl groups is 1. The molecule has 0 aliphatic carbocycles. The van der Waals surface area contributed by atoms with Crippen LogP contribution in [0.25, 0.3) is 0 Å². The van der Waals surface area contributed by atoms with Crippen molar-refractivity contribution in [1.29, 1.82) is 0 Å². The van der Waals surface area contributed by atoms with Crippen LogP contribution in [-0.4, -0.2) is 16.0 Å². The second-order valence-corrected chi connectivity index (χ2v) is 12.9. The quantitative estimate of drug-likeness (QED) is 0.196. The van der Waals surface area contributed by atoms with Gasteiger partial charge in [-0.25, -0.2) is 0 Å². The smallest absolute Gasteiger partial charge is 0.127 e. The number of phenols is 1. The highest BCUT2D eigenvalue weighted by molar-refractivity contribution is 9.09. The Hall–Kier alpha value is -2.61. The minimum Gasteiger partial charge on any atom is -0.507 e. The lowest BCUT2D eigenvalue weighted by Crippen LogP contribution is -2.37. The lowest BCUT2D eigenvalue weighted by molar-refractivity contribution is 0.0613. The van der Waals surface area contributed by atoms with Crippen LogP contribution < -0.4 is 20.7 Å². The second-order valence-electron chi connectivity index (χ2n) is 9.86. The fraction of sp³-hybridized carbons (Fsp3) is 0.273. The van der Waals surface area contributed by atoms with Gasteiger partial charge in [0.15, 0.2) is 0 Å². The Kier molecular flexibility index (Phi) is 9.11. The van der Waals surface area contributed by atoms with Gasteiger partial charge in [-0.2, -0.15) is 0 Å². The molecule has 37 heavy (non-hydrogen) atoms. The molecule has 0 fully saturated rings. The zero-order valence-corrected chi connectivity index (χ0v) is 24.6. The molecule has 5 rings (SSSR count). The van der Waals surface area contributed by atoms with E-state index in [9.17, 15) is 5.11 Å². The van der Waals surface area contributed by atoms with Crippen molar-refractivity contribution in [2.75, 3.05) is 5.33 Å². The molecule has 0 spiro atoms. The van der Waals surface area contributed by atoms with E-state index in [-0.39, 0.29) is 5.60 Å². The first kappa shape index (κ1) is 27.4. The SMILES string of the molecule is Cc1c(C)c2c(c(C)c1O)CCC(C)(CCBr)O2.c1ccc(P(c2ccccc2)c2ccccc2)cc1. The van der Waals surface area contributed by atoms with Crippen molar-refractivity contribution >= 4 is 39.8 Å². The van der Waals surface area contributed by atoms with Crippen LogP contribution in [0.15, 0.2) is 91.0 Å². The minimum atomic E-state index is -0.446. The summed E-state index contributed by atoms with van der Waals surface area (Å²) in [4.78, 5) is 0. The molecule has 0 bridgehead atoms. The first-order valence-corrected chi connectivity index (χ1v) is 15.3. The molecule has 4 aromatic carbocycles. The molecule has 0 amide bonds. The molecule has 1 atom stereocenters. The van der Waals surface area contributed by atoms with Crippen LogP contribution in [0.4, 0.5) is 0 Å². The van der Waals surface area contributed by atoms with Gasteiger partial charge in [0.2, 0.25) is 0 Å². The largest absolute Gasteiger partial charge is 0.507 e. The highest BCUT2D eigenvalue weighted by Gasteiger charge is 2.33. The summed E-state index contributed by atoms with van der Waals surface area (Å²) in [5.41, 5.74) is 4.09. The van der Waals surface area contributed by atoms with Crippen molar-refractivity contribution < 1.29 is 9.84 Å². The third-order valence-corrected chi connectivity index (χ3v) is 10.1. The molecule has 2 nitrogen and oxygen atoms in total. The molecule has 0 aromatic heterocycles. The van der Waals surface area contributed by atoms with Crippen molar-refractivity contribution in [1.82, 2.24) is 0 Å². The van der Waals surface area contributed by atoms with E-state index in [2.05, 4.69) is 114 Å². The molecule has 192 valence electrons. The van der Waals surface area contributed by atoms with Gasteiger partial charge in [-0.3, -0.25) is 0 Å². The van der Waals surface area contributed by atoms with Crippen molar-refractivity contribution in [2.45, 2.75) is 52.6 Å². The van der Waals surface area contributed by atoms with E-state index in [1.54, 1.807) is 0 Å². The lowest BCUT2D eigenvalue weighted by atomic mass is 9.86. The molecular weight excluding hydrogens is 539 g/mol. The highest BCUT2D eigenvalue weighted by Crippen LogP contribution is 2.44. The van der Waals surface area contributed by atoms with Gasteiger partial charge in [0.1, 0.15) is 17.1 Å². The zero-order chi connectivity index (χ0) is 26.4. The maximum atomic E-state index is 10.1. The Morgan fingerprint density at radius 1 is 0.757 bits per heavy atom. The maximum absolute atomic E-state index is 10.1. The van der Waals surface area contributed by atoms with Crippen LogP contribution in [0.5, 0.6) is 11.5 Å². The van der Waals surface area contributed by atoms with E-state index in [1.165, 1.54) is 21.5 Å². The average Bonchev–Trinajstić information content (AvgIpc) is 2.93. The zero-order valence-electron chi connectivity index (χ0n) is 22.2. The summed E-state index contributed by atoms with van der Waals surface area (Å²) in [5, 5.41) is 15.3. The normalized spacial score (nSPS) is 16.4. The monoisotopic (exact) mass is 574 g/mol. The van der Waals surface area contributed by atoms with Crippen LogP contribution in [0.1, 0.15) is 42.0 Å². The number of hydrogen-bond acceptors (Lipinski definition) is 2. The van der Waals surface area contributed by atoms with E-state index in [1.807, 2.05) is 20.8 Å². The molecule has 0 saturated carbocycles. The molecule has 1 aliphatic rings. The number of fused-ring (bicyclic) bond motifs is 1. The van der Waals surface area contributed by atoms with E-state index in [4.69, 9.17) is 4.74 Å². The molecule has 4 heteroatoms. The third kappa shape index (κ3) is 6.28. The number of benzene rings is 4. The standard InChI is InChI=1S/C18H15P.C15H21BrO2/c1-4-10-16(11-5-1)19(17-12-6-2-7-13-17)18-14-8-3-9-15-18;1-9-10(2)14-12(11(3)13(9)17)5-6-15(4,18-14)7-8-16/h1-15H;17H,5-8H2,1-4H3. The van der Waals surface area contributed by atoms with Crippen molar-refractivity contribution in [2.24, 2.45) is 0 Å². The van der Waals surface area contributed by atoms with E-state index in [0.29, 0.717) is 5.75 Å². The molecule has 1 aliphatic heterocycles. The van der Waals surface area contributed by atoms with E-state index < -0.39 is 7.92 Å². The van der Waals surface area contributed by atoms with Crippen LogP contribution >= 0.6 is 23.9 Å². The summed E-state index contributed by atoms with van der Waals surface area (Å²) in [6, 6.07) is 32.3. The highest BCUT2D eigenvalue weighted by atomic mass is 79.9. The van der Waals surface area contributed by atoms with E-state index >= 15 is 0 Å². The first-order valence-electron chi connectivity index (χ1n) is 12.9. The van der Waals surface area contributed by atoms with Crippen molar-refractivity contribution in [3.8, 4) is 11.5 Å². The second kappa shape index (κ2) is 12.3. The summed E-state index contributed by atoms with van der Waals surface area (Å²) in [7, 11) is -0.446. The van der Waals surface area contributed by atoms with Crippen LogP contribution in [0.3, 0.4) is 0 Å². The van der Waals surface area contributed by atoms with Crippen LogP contribution in [0.2, 0.25) is 0 Å². The van der Waals surface area contributed by atoms with Gasteiger partial charge in [0.25, 0.3) is 0 Å². The molecule has 0 saturated heterocycles. The molecule has 0 radical (unpaired) electrons. The van der Waals surface area contributed by atoms with Gasteiger partial charge in [0.05, 0.1) is 0 Å². The molecule has 1 N–H and O–H groups in total. The third-order valence-electron chi connectivity index (χ3n) is 7.26. The number of hydrogen-bond donors (Lipinski definition) is 1. The fourth-order valence-corrected chi connectivity index (χ4v) is 7.99. The van der Waals surface area contributed by atoms with Crippen LogP contribution in [0, 0.1) is 20.8 Å². The van der Waals surface area contributed by atoms with Gasteiger partial charge in [-0.15, -0.1) is 0 Å². The van der Waals surface area contributed by atoms with Gasteiger partial charge in [-0.05, 0) is 87.5 Å². The van der Waals surface area contributed by atoms with Crippen molar-refractivity contribution in [3.05, 3.63) is 113 Å². The topological polar surface area (TPSA) is 29.5 Å². The Morgan fingerprint density at radius 2 is 1.22 bits per heavy atom. The number of phenolic OH excluding ortho intramolecular Hbond substituents is 1. The predicted molar refractivity (Wildman–Crippen MR) is 163 cm³/mol. The Balaban J connectivity index is 0.000000173.